The van der Waals surface area contributed by atoms with E-state index in [1.54, 1.807) is 44.3 Å². The van der Waals surface area contributed by atoms with Crippen molar-refractivity contribution in [1.82, 2.24) is 73.4 Å². The van der Waals surface area contributed by atoms with Gasteiger partial charge < -0.3 is 95.0 Å². The number of aromatic amines is 2. The number of H-pyrrole nitrogens is 2. The molecule has 2 aromatic heterocycles. The number of para-hydroxylation sites is 1. The van der Waals surface area contributed by atoms with Crippen LogP contribution in [0.3, 0.4) is 0 Å². The van der Waals surface area contributed by atoms with E-state index in [1.165, 1.54) is 31.2 Å². The normalized spacial score (nSPS) is 15.6. The van der Waals surface area contributed by atoms with Gasteiger partial charge in [0.1, 0.15) is 48.3 Å². The number of carbonyl (C=O) groups is 14. The molecule has 0 spiro atoms. The number of hydrogen-bond donors (Lipinski definition) is 17. The number of benzene rings is 5. The number of carbonyl (C=O) groups excluding carboxylic acids is 13. The minimum Gasteiger partial charge on any atom is -0.481 e. The number of allylic oxidation sites excluding steroid dienone is 8. The molecule has 4 heterocycles. The van der Waals surface area contributed by atoms with Gasteiger partial charge in [0, 0.05) is 89.3 Å². The number of aromatic nitrogens is 3. The first-order valence-corrected chi connectivity index (χ1v) is 43.2. The number of nitrogens with zero attached hydrogens (tertiary/aromatic N) is 3. The minimum absolute atomic E-state index is 0.0399. The summed E-state index contributed by atoms with van der Waals surface area (Å²) in [5.74, 6) is -12.0. The number of carboxylic acid groups (broad SMARTS) is 1. The second-order valence-corrected chi connectivity index (χ2v) is 33.9. The highest BCUT2D eigenvalue weighted by Crippen LogP contribution is 2.51. The summed E-state index contributed by atoms with van der Waals surface area (Å²) in [5, 5.41) is 52.9. The van der Waals surface area contributed by atoms with Crippen LogP contribution in [0.5, 0.6) is 0 Å². The summed E-state index contributed by atoms with van der Waals surface area (Å²) >= 11 is 1.45. The molecule has 2 aliphatic rings. The first-order valence-electron chi connectivity index (χ1n) is 41.8. The predicted molar refractivity (Wildman–Crippen MR) is 480 cm³/mol. The van der Waals surface area contributed by atoms with Gasteiger partial charge in [-0.15, -0.1) is 0 Å². The fraction of sp³-hybridized carbons (Fsp3) is 0.407. The molecular weight excluding hydrogens is 1630 g/mol. The minimum atomic E-state index is -1.64. The van der Waals surface area contributed by atoms with Crippen LogP contribution in [0.1, 0.15) is 123 Å². The van der Waals surface area contributed by atoms with Crippen molar-refractivity contribution in [1.29, 1.82) is 0 Å². The van der Waals surface area contributed by atoms with E-state index in [0.717, 1.165) is 55.5 Å². The van der Waals surface area contributed by atoms with E-state index < -0.39 is 187 Å². The van der Waals surface area contributed by atoms with E-state index in [4.69, 9.17) is 11.5 Å². The van der Waals surface area contributed by atoms with E-state index in [1.807, 2.05) is 105 Å². The summed E-state index contributed by atoms with van der Waals surface area (Å²) in [5.41, 5.74) is 17.7. The van der Waals surface area contributed by atoms with Crippen molar-refractivity contribution < 1.29 is 81.9 Å². The van der Waals surface area contributed by atoms with Crippen molar-refractivity contribution >= 4 is 144 Å². The Bertz CT molecular complexity index is 5360. The molecule has 9 rings (SSSR count). The van der Waals surface area contributed by atoms with E-state index in [0.29, 0.717) is 34.5 Å². The van der Waals surface area contributed by atoms with Gasteiger partial charge in [-0.3, -0.25) is 67.1 Å². The van der Waals surface area contributed by atoms with Crippen molar-refractivity contribution in [3.8, 4) is 0 Å². The lowest BCUT2D eigenvalue weighted by molar-refractivity contribution is -0.436. The molecule has 0 aliphatic carbocycles. The standard InChI is InChI=1S/C91H114N18O16S/c1-52(2)42-65(87(123)104-63(82(93)118)38-41-126-10)105-88(124)67(44-58-46-94-51-99-58)102-77(115)49-98-89(125)81(53(3)4)107-83(119)54(5)100-86(122)66(43-57-45-95-62-27-21-20-24-59(57)62)106-85(121)64(32-35-73(92)111)101-76(114)48-97-84(120)68(50-110)103-75(113)47-96-74(112)36-39-108-69-33-30-55-22-16-18-25-60(55)79(69)90(6,7)71(108)28-14-12-11-13-15-29-72-91(8,9)80-61-26-19-17-23-56(61)31-34-70(80)109(72)40-37-78(116)117/h11-31,33-34,45-46,51-54,63-68,81,95,110H,32,35-44,47-50H2,1-10H3,(H16-,92,93,94,96,97,98,99,100,101,102,103,104,105,106,107,111,112,113,114,115,116,117,118,119,120,121,122,123,124,125)/p+1/t54-,63-,64-,65-,66-,67-,68-,81-/m0/s1. The molecule has 0 bridgehead atoms. The van der Waals surface area contributed by atoms with Gasteiger partial charge in [0.2, 0.25) is 82.5 Å². The molecule has 7 aromatic rings. The highest BCUT2D eigenvalue weighted by molar-refractivity contribution is 7.98. The molecule has 34 nitrogen and oxygen atoms in total. The average Bonchev–Trinajstić information content (AvgIpc) is 1.58. The molecule has 670 valence electrons. The summed E-state index contributed by atoms with van der Waals surface area (Å²) in [6.45, 7) is 14.1. The predicted octanol–water partition coefficient (Wildman–Crippen LogP) is 3.72. The van der Waals surface area contributed by atoms with Crippen molar-refractivity contribution in [3.05, 3.63) is 186 Å². The van der Waals surface area contributed by atoms with Gasteiger partial charge in [0.25, 0.3) is 0 Å². The van der Waals surface area contributed by atoms with Gasteiger partial charge in [-0.2, -0.15) is 16.3 Å². The Morgan fingerprint density at radius 2 is 1.12 bits per heavy atom. The molecule has 2 aliphatic heterocycles. The second-order valence-electron chi connectivity index (χ2n) is 32.9. The van der Waals surface area contributed by atoms with Gasteiger partial charge in [-0.05, 0) is 121 Å². The Labute approximate surface area is 734 Å². The molecule has 0 radical (unpaired) electrons. The van der Waals surface area contributed by atoms with E-state index >= 15 is 0 Å². The number of primary amides is 2. The second kappa shape index (κ2) is 44.8. The molecule has 19 N–H and O–H groups in total. The van der Waals surface area contributed by atoms with Gasteiger partial charge in [-0.1, -0.05) is 145 Å². The Morgan fingerprint density at radius 3 is 1.75 bits per heavy atom. The summed E-state index contributed by atoms with van der Waals surface area (Å²) in [6, 6.07) is 20.5. The van der Waals surface area contributed by atoms with E-state index in [9.17, 15) is 77.3 Å². The number of thioether (sulfide) groups is 1. The SMILES string of the molecule is CSCC[C@H](NC(=O)[C@H](CC(C)C)NC(=O)[C@H](Cc1cnc[nH]1)NC(=O)CNC(=O)[C@@H](NC(=O)[C@H](C)NC(=O)[C@H](Cc1c[nH]c2ccccc12)NC(=O)[C@H](CCC(N)=O)NC(=O)CNC(=O)[C@H](CO)NC(=O)CNC(=O)CC[N+]1=C(/C=C/C=C/C=C/C=C2/N(CCC(=O)O)c3ccc4ccccc4c3C2(C)C)C(C)(C)c2c1ccc1ccccc21)C(C)C)C(N)=O. The maximum Gasteiger partial charge on any atom is 0.305 e. The number of nitrogens with one attached hydrogen (secondary N) is 13. The van der Waals surface area contributed by atoms with Crippen molar-refractivity contribution in [2.45, 2.75) is 173 Å². The number of amides is 13. The van der Waals surface area contributed by atoms with E-state index in [2.05, 4.69) is 141 Å². The topological polar surface area (TPSA) is 515 Å². The Kier molecular flexibility index (Phi) is 34.3. The highest BCUT2D eigenvalue weighted by atomic mass is 32.2. The van der Waals surface area contributed by atoms with Crippen LogP contribution in [0.2, 0.25) is 0 Å². The molecule has 0 fully saturated rings. The number of anilines is 1. The lowest BCUT2D eigenvalue weighted by atomic mass is 9.79. The number of aliphatic hydroxyl groups excluding tert-OH is 1. The Morgan fingerprint density at radius 1 is 0.548 bits per heavy atom. The van der Waals surface area contributed by atoms with E-state index in [-0.39, 0.29) is 51.0 Å². The van der Waals surface area contributed by atoms with Crippen molar-refractivity contribution in [3.63, 3.8) is 0 Å². The number of fused-ring (bicyclic) bond motifs is 7. The van der Waals surface area contributed by atoms with Crippen molar-refractivity contribution in [2.75, 3.05) is 56.2 Å². The van der Waals surface area contributed by atoms with Crippen LogP contribution in [-0.4, -0.2) is 218 Å². The smallest absolute Gasteiger partial charge is 0.305 e. The number of aliphatic hydroxyl groups is 1. The van der Waals surface area contributed by atoms with Gasteiger partial charge in [0.15, 0.2) is 12.3 Å². The van der Waals surface area contributed by atoms with Crippen LogP contribution >= 0.6 is 11.8 Å². The average molecular weight is 1750 g/mol. The van der Waals surface area contributed by atoms with Crippen LogP contribution in [0.15, 0.2) is 164 Å². The van der Waals surface area contributed by atoms with Gasteiger partial charge in [-0.25, -0.2) is 4.98 Å². The van der Waals surface area contributed by atoms with Crippen LogP contribution in [0.25, 0.3) is 32.4 Å². The largest absolute Gasteiger partial charge is 0.481 e. The first-order chi connectivity index (χ1) is 60.0. The fourth-order valence-corrected chi connectivity index (χ4v) is 16.0. The molecular formula is C91H115N18O16S+. The van der Waals surface area contributed by atoms with Crippen LogP contribution in [-0.2, 0) is 90.8 Å². The summed E-state index contributed by atoms with van der Waals surface area (Å²) in [4.78, 5) is 201. The number of rotatable bonds is 46. The molecule has 5 aromatic carbocycles. The zero-order valence-corrected chi connectivity index (χ0v) is 73.2. The number of carboxylic acids is 1. The molecule has 0 unspecified atom stereocenters. The van der Waals surface area contributed by atoms with Crippen molar-refractivity contribution in [2.24, 2.45) is 23.3 Å². The summed E-state index contributed by atoms with van der Waals surface area (Å²) in [6.07, 6.45) is 18.9. The Hall–Kier alpha value is -13.3. The number of nitrogens with two attached hydrogens (primary N) is 2. The molecule has 126 heavy (non-hydrogen) atoms. The zero-order chi connectivity index (χ0) is 91.7. The number of imidazole rings is 1. The maximum absolute atomic E-state index is 14.5. The third-order valence-electron chi connectivity index (χ3n) is 22.0. The van der Waals surface area contributed by atoms with Crippen LogP contribution in [0, 0.1) is 11.8 Å². The Balaban J connectivity index is 0.788. The van der Waals surface area contributed by atoms with Gasteiger partial charge in [0.05, 0.1) is 50.8 Å². The zero-order valence-electron chi connectivity index (χ0n) is 72.4. The lowest BCUT2D eigenvalue weighted by Crippen LogP contribution is -2.59. The molecule has 35 heteroatoms. The molecule has 8 atom stereocenters. The van der Waals surface area contributed by atoms with Crippen LogP contribution < -0.4 is 74.9 Å². The quantitative estimate of drug-likeness (QED) is 0.0191. The number of hydrogen-bond acceptors (Lipinski definition) is 18. The summed E-state index contributed by atoms with van der Waals surface area (Å²) in [7, 11) is 0. The molecule has 13 amide bonds. The third-order valence-corrected chi connectivity index (χ3v) is 22.6. The highest BCUT2D eigenvalue weighted by Gasteiger charge is 2.46. The fourth-order valence-electron chi connectivity index (χ4n) is 15.6. The monoisotopic (exact) mass is 1750 g/mol. The molecule has 0 saturated heterocycles. The van der Waals surface area contributed by atoms with Gasteiger partial charge >= 0.3 is 5.97 Å². The first kappa shape index (κ1) is 96.5. The third kappa shape index (κ3) is 25.7. The van der Waals surface area contributed by atoms with Crippen LogP contribution in [0.4, 0.5) is 11.4 Å². The lowest BCUT2D eigenvalue weighted by Gasteiger charge is -2.26. The molecule has 0 saturated carbocycles. The number of aliphatic carboxylic acids is 1. The maximum atomic E-state index is 14.5. The summed E-state index contributed by atoms with van der Waals surface area (Å²) < 4.78 is 2.07.